The highest BCUT2D eigenvalue weighted by atomic mass is 35.5. The average Bonchev–Trinajstić information content (AvgIpc) is 3.11. The summed E-state index contributed by atoms with van der Waals surface area (Å²) in [5.74, 6) is -0.869. The normalized spacial score (nSPS) is 11.7. The molecule has 1 heterocycles. The molecule has 1 amide bonds. The summed E-state index contributed by atoms with van der Waals surface area (Å²) >= 11 is 7.44. The maximum Gasteiger partial charge on any atom is 0.305 e. The molecule has 0 radical (unpaired) electrons. The number of nitrogens with zero attached hydrogens (tertiary/aromatic N) is 1. The fourth-order valence-corrected chi connectivity index (χ4v) is 3.45. The molecule has 29 heavy (non-hydrogen) atoms. The second-order valence-corrected chi connectivity index (χ2v) is 7.85. The van der Waals surface area contributed by atoms with E-state index in [9.17, 15) is 14.7 Å². The standard InChI is InChI=1S/C21H19ClN2O4S/c1-13-23-17(12-29-13)11-28-18-4-2-3-15(9-18)21(27)24-19(10-20(25)26)14-5-7-16(22)8-6-14/h2-9,12,19H,10-11H2,1H3,(H,24,27)(H,25,26). The first-order valence-electron chi connectivity index (χ1n) is 8.82. The Bertz CT molecular complexity index is 1000. The Labute approximate surface area is 177 Å². The van der Waals surface area contributed by atoms with Crippen LogP contribution in [0.5, 0.6) is 5.75 Å². The van der Waals surface area contributed by atoms with Crippen LogP contribution >= 0.6 is 22.9 Å². The number of carbonyl (C=O) groups is 2. The minimum atomic E-state index is -1.01. The van der Waals surface area contributed by atoms with Crippen molar-refractivity contribution in [3.63, 3.8) is 0 Å². The van der Waals surface area contributed by atoms with Crippen molar-refractivity contribution in [2.75, 3.05) is 0 Å². The van der Waals surface area contributed by atoms with Gasteiger partial charge in [-0.25, -0.2) is 4.98 Å². The number of hydrogen-bond acceptors (Lipinski definition) is 5. The molecule has 2 N–H and O–H groups in total. The highest BCUT2D eigenvalue weighted by molar-refractivity contribution is 7.09. The van der Waals surface area contributed by atoms with Crippen LogP contribution in [0.4, 0.5) is 0 Å². The summed E-state index contributed by atoms with van der Waals surface area (Å²) in [6.45, 7) is 2.23. The second-order valence-electron chi connectivity index (χ2n) is 6.35. The molecule has 0 saturated heterocycles. The third kappa shape index (κ3) is 6.04. The van der Waals surface area contributed by atoms with Gasteiger partial charge in [0.1, 0.15) is 12.4 Å². The smallest absolute Gasteiger partial charge is 0.305 e. The number of carbonyl (C=O) groups excluding carboxylic acids is 1. The highest BCUT2D eigenvalue weighted by Crippen LogP contribution is 2.21. The molecule has 0 aliphatic carbocycles. The predicted octanol–water partition coefficient (Wildman–Crippen LogP) is 4.63. The zero-order valence-electron chi connectivity index (χ0n) is 15.6. The summed E-state index contributed by atoms with van der Waals surface area (Å²) in [6.07, 6.45) is -0.243. The van der Waals surface area contributed by atoms with Crippen molar-refractivity contribution in [2.24, 2.45) is 0 Å². The zero-order chi connectivity index (χ0) is 20.8. The van der Waals surface area contributed by atoms with Gasteiger partial charge in [-0.1, -0.05) is 29.8 Å². The highest BCUT2D eigenvalue weighted by Gasteiger charge is 2.19. The van der Waals surface area contributed by atoms with E-state index in [0.29, 0.717) is 28.5 Å². The monoisotopic (exact) mass is 430 g/mol. The fraction of sp³-hybridized carbons (Fsp3) is 0.190. The number of rotatable bonds is 8. The Morgan fingerprint density at radius 3 is 2.66 bits per heavy atom. The van der Waals surface area contributed by atoms with Crippen LogP contribution in [0.2, 0.25) is 5.02 Å². The number of amides is 1. The summed E-state index contributed by atoms with van der Waals surface area (Å²) in [5.41, 5.74) is 1.87. The van der Waals surface area contributed by atoms with E-state index in [2.05, 4.69) is 10.3 Å². The number of aliphatic carboxylic acids is 1. The van der Waals surface area contributed by atoms with Crippen molar-refractivity contribution in [3.05, 3.63) is 80.8 Å². The number of carboxylic acid groups (broad SMARTS) is 1. The number of hydrogen-bond donors (Lipinski definition) is 2. The molecule has 3 aromatic rings. The molecule has 0 bridgehead atoms. The van der Waals surface area contributed by atoms with Crippen molar-refractivity contribution in [1.82, 2.24) is 10.3 Å². The van der Waals surface area contributed by atoms with Crippen molar-refractivity contribution < 1.29 is 19.4 Å². The Kier molecular flexibility index (Phi) is 6.85. The lowest BCUT2D eigenvalue weighted by Crippen LogP contribution is -2.30. The predicted molar refractivity (Wildman–Crippen MR) is 112 cm³/mol. The molecule has 1 aromatic heterocycles. The summed E-state index contributed by atoms with van der Waals surface area (Å²) in [5, 5.41) is 15.4. The van der Waals surface area contributed by atoms with Crippen LogP contribution in [0.15, 0.2) is 53.9 Å². The van der Waals surface area contributed by atoms with Crippen LogP contribution in [0.25, 0.3) is 0 Å². The van der Waals surface area contributed by atoms with Gasteiger partial charge < -0.3 is 15.2 Å². The number of aryl methyl sites for hydroxylation is 1. The van der Waals surface area contributed by atoms with Gasteiger partial charge in [0.05, 0.1) is 23.2 Å². The molecule has 2 aromatic carbocycles. The molecule has 1 unspecified atom stereocenters. The van der Waals surface area contributed by atoms with Gasteiger partial charge >= 0.3 is 5.97 Å². The fourth-order valence-electron chi connectivity index (χ4n) is 2.72. The van der Waals surface area contributed by atoms with Gasteiger partial charge in [-0.15, -0.1) is 11.3 Å². The maximum atomic E-state index is 12.7. The van der Waals surface area contributed by atoms with Gasteiger partial charge in [0.15, 0.2) is 0 Å². The lowest BCUT2D eigenvalue weighted by atomic mass is 10.0. The number of halogens is 1. The lowest BCUT2D eigenvalue weighted by Gasteiger charge is -2.18. The van der Waals surface area contributed by atoms with Gasteiger partial charge in [0.25, 0.3) is 5.91 Å². The van der Waals surface area contributed by atoms with Crippen LogP contribution in [0.3, 0.4) is 0 Å². The number of ether oxygens (including phenoxy) is 1. The second kappa shape index (κ2) is 9.54. The van der Waals surface area contributed by atoms with Gasteiger partial charge in [-0.2, -0.15) is 0 Å². The van der Waals surface area contributed by atoms with Crippen molar-refractivity contribution in [3.8, 4) is 5.75 Å². The van der Waals surface area contributed by atoms with Gasteiger partial charge in [-0.05, 0) is 42.8 Å². The molecule has 0 aliphatic heterocycles. The van der Waals surface area contributed by atoms with Gasteiger partial charge in [0, 0.05) is 16.0 Å². The van der Waals surface area contributed by atoms with Crippen molar-refractivity contribution >= 4 is 34.8 Å². The van der Waals surface area contributed by atoms with E-state index in [1.165, 1.54) is 0 Å². The average molecular weight is 431 g/mol. The van der Waals surface area contributed by atoms with Crippen LogP contribution in [-0.2, 0) is 11.4 Å². The lowest BCUT2D eigenvalue weighted by molar-refractivity contribution is -0.137. The number of aromatic nitrogens is 1. The molecule has 1 atom stereocenters. The summed E-state index contributed by atoms with van der Waals surface area (Å²) < 4.78 is 5.72. The van der Waals surface area contributed by atoms with E-state index in [1.807, 2.05) is 12.3 Å². The third-order valence-electron chi connectivity index (χ3n) is 4.11. The van der Waals surface area contributed by atoms with E-state index in [4.69, 9.17) is 16.3 Å². The van der Waals surface area contributed by atoms with E-state index in [0.717, 1.165) is 10.7 Å². The number of thiazole rings is 1. The summed E-state index contributed by atoms with van der Waals surface area (Å²) in [4.78, 5) is 28.3. The molecular formula is C21H19ClN2O4S. The molecule has 6 nitrogen and oxygen atoms in total. The summed E-state index contributed by atoms with van der Waals surface area (Å²) in [7, 11) is 0. The molecule has 0 saturated carbocycles. The largest absolute Gasteiger partial charge is 0.487 e. The SMILES string of the molecule is Cc1nc(COc2cccc(C(=O)NC(CC(=O)O)c3ccc(Cl)cc3)c2)cs1. The molecule has 150 valence electrons. The number of benzene rings is 2. The number of carboxylic acids is 1. The minimum absolute atomic E-state index is 0.243. The van der Waals surface area contributed by atoms with E-state index >= 15 is 0 Å². The van der Waals surface area contributed by atoms with Crippen LogP contribution in [0.1, 0.15) is 39.1 Å². The van der Waals surface area contributed by atoms with E-state index < -0.39 is 12.0 Å². The molecule has 0 spiro atoms. The Balaban J connectivity index is 1.70. The molecule has 0 fully saturated rings. The molecule has 3 rings (SSSR count). The number of nitrogens with one attached hydrogen (secondary N) is 1. The van der Waals surface area contributed by atoms with Crippen LogP contribution in [0, 0.1) is 6.92 Å². The van der Waals surface area contributed by atoms with Gasteiger partial charge in [0.2, 0.25) is 0 Å². The first-order valence-corrected chi connectivity index (χ1v) is 10.1. The topological polar surface area (TPSA) is 88.5 Å². The van der Waals surface area contributed by atoms with E-state index in [-0.39, 0.29) is 12.3 Å². The molecule has 8 heteroatoms. The first kappa shape index (κ1) is 20.8. The van der Waals surface area contributed by atoms with E-state index in [1.54, 1.807) is 59.9 Å². The van der Waals surface area contributed by atoms with Gasteiger partial charge in [-0.3, -0.25) is 9.59 Å². The van der Waals surface area contributed by atoms with Crippen molar-refractivity contribution in [2.45, 2.75) is 26.0 Å². The molecular weight excluding hydrogens is 412 g/mol. The molecule has 0 aliphatic rings. The summed E-state index contributed by atoms with van der Waals surface area (Å²) in [6, 6.07) is 12.8. The van der Waals surface area contributed by atoms with Crippen LogP contribution in [-0.4, -0.2) is 22.0 Å². The maximum absolute atomic E-state index is 12.7. The Morgan fingerprint density at radius 1 is 1.24 bits per heavy atom. The van der Waals surface area contributed by atoms with Crippen molar-refractivity contribution in [1.29, 1.82) is 0 Å². The quantitative estimate of drug-likeness (QED) is 0.544. The first-order chi connectivity index (χ1) is 13.9. The minimum Gasteiger partial charge on any atom is -0.487 e. The Hall–Kier alpha value is -2.90. The Morgan fingerprint density at radius 2 is 2.00 bits per heavy atom. The zero-order valence-corrected chi connectivity index (χ0v) is 17.2. The van der Waals surface area contributed by atoms with Crippen LogP contribution < -0.4 is 10.1 Å². The third-order valence-corrected chi connectivity index (χ3v) is 5.18.